The van der Waals surface area contributed by atoms with E-state index in [2.05, 4.69) is 10.3 Å². The zero-order valence-electron chi connectivity index (χ0n) is 19.7. The van der Waals surface area contributed by atoms with Gasteiger partial charge in [-0.05, 0) is 37.7 Å². The molecular formula is C26H32FN3O5. The highest BCUT2D eigenvalue weighted by atomic mass is 19.1. The minimum absolute atomic E-state index is 0.0172. The lowest BCUT2D eigenvalue weighted by atomic mass is 9.82. The van der Waals surface area contributed by atoms with Crippen LogP contribution in [-0.4, -0.2) is 57.2 Å². The van der Waals surface area contributed by atoms with Gasteiger partial charge >= 0.3 is 5.97 Å². The van der Waals surface area contributed by atoms with Crippen molar-refractivity contribution < 1.29 is 28.7 Å². The summed E-state index contributed by atoms with van der Waals surface area (Å²) in [4.78, 5) is 55.7. The van der Waals surface area contributed by atoms with Gasteiger partial charge in [0, 0.05) is 17.6 Å². The number of ketones is 1. The molecule has 1 atom stereocenters. The first kappa shape index (κ1) is 24.9. The fraction of sp³-hybridized carbons (Fsp3) is 0.538. The number of nitrogens with zero attached hydrogens (tertiary/aromatic N) is 1. The molecule has 0 spiro atoms. The molecule has 0 saturated heterocycles. The monoisotopic (exact) mass is 485 g/mol. The molecule has 1 heterocycles. The molecule has 4 rings (SSSR count). The van der Waals surface area contributed by atoms with Gasteiger partial charge in [-0.15, -0.1) is 0 Å². The molecule has 1 aromatic heterocycles. The van der Waals surface area contributed by atoms with E-state index in [1.165, 1.54) is 24.4 Å². The largest absolute Gasteiger partial charge is 0.480 e. The normalized spacial score (nSPS) is 18.2. The van der Waals surface area contributed by atoms with E-state index in [0.717, 1.165) is 56.3 Å². The van der Waals surface area contributed by atoms with Gasteiger partial charge in [-0.1, -0.05) is 50.7 Å². The summed E-state index contributed by atoms with van der Waals surface area (Å²) in [5.41, 5.74) is 0.0438. The minimum atomic E-state index is -1.30. The Balaban J connectivity index is 1.66. The predicted octanol–water partition coefficient (Wildman–Crippen LogP) is 3.80. The number of amides is 2. The quantitative estimate of drug-likeness (QED) is 0.388. The van der Waals surface area contributed by atoms with Crippen LogP contribution in [0, 0.1) is 11.7 Å². The summed E-state index contributed by atoms with van der Waals surface area (Å²) in [6, 6.07) is 3.12. The van der Waals surface area contributed by atoms with Crippen molar-refractivity contribution >= 4 is 34.5 Å². The Labute approximate surface area is 203 Å². The zero-order chi connectivity index (χ0) is 24.9. The lowest BCUT2D eigenvalue weighted by Crippen LogP contribution is -2.58. The molecule has 9 heteroatoms. The Kier molecular flexibility index (Phi) is 7.83. The molecule has 2 aliphatic carbocycles. The van der Waals surface area contributed by atoms with Crippen LogP contribution in [0.5, 0.6) is 0 Å². The number of carbonyl (C=O) groups excluding carboxylic acids is 3. The van der Waals surface area contributed by atoms with E-state index in [9.17, 15) is 28.7 Å². The van der Waals surface area contributed by atoms with Crippen LogP contribution in [0.3, 0.4) is 0 Å². The van der Waals surface area contributed by atoms with Crippen molar-refractivity contribution in [2.75, 3.05) is 6.54 Å². The maximum absolute atomic E-state index is 14.1. The standard InChI is InChI=1S/C26H32FN3O5/c27-20-13-7-12-18-19(14-28-22(18)20)24(33)26(35)30(15-21(31)32)23(16-8-3-1-4-9-16)25(34)29-17-10-5-2-6-11-17/h7,12-14,16-17,23,28H,1-6,8-11,15H2,(H,29,34)(H,31,32). The van der Waals surface area contributed by atoms with Crippen LogP contribution in [0.25, 0.3) is 10.9 Å². The highest BCUT2D eigenvalue weighted by Gasteiger charge is 2.41. The number of para-hydroxylation sites is 1. The summed E-state index contributed by atoms with van der Waals surface area (Å²) in [6.07, 6.45) is 10.2. The van der Waals surface area contributed by atoms with Gasteiger partial charge in [0.2, 0.25) is 5.91 Å². The first-order valence-electron chi connectivity index (χ1n) is 12.5. The first-order chi connectivity index (χ1) is 16.9. The van der Waals surface area contributed by atoms with E-state index in [-0.39, 0.29) is 28.4 Å². The number of aromatic nitrogens is 1. The van der Waals surface area contributed by atoms with E-state index in [1.54, 1.807) is 0 Å². The maximum atomic E-state index is 14.1. The second-order valence-corrected chi connectivity index (χ2v) is 9.71. The van der Waals surface area contributed by atoms with Crippen LogP contribution in [0.15, 0.2) is 24.4 Å². The number of aromatic amines is 1. The first-order valence-corrected chi connectivity index (χ1v) is 12.5. The van der Waals surface area contributed by atoms with Crippen molar-refractivity contribution in [3.05, 3.63) is 35.8 Å². The van der Waals surface area contributed by atoms with E-state index < -0.39 is 42.0 Å². The van der Waals surface area contributed by atoms with Crippen molar-refractivity contribution in [2.24, 2.45) is 5.92 Å². The van der Waals surface area contributed by atoms with Crippen LogP contribution in [-0.2, 0) is 14.4 Å². The van der Waals surface area contributed by atoms with E-state index in [4.69, 9.17) is 0 Å². The molecule has 0 radical (unpaired) electrons. The second kappa shape index (κ2) is 11.0. The van der Waals surface area contributed by atoms with Gasteiger partial charge in [0.15, 0.2) is 0 Å². The number of fused-ring (bicyclic) bond motifs is 1. The number of halogens is 1. The number of Topliss-reactive ketones (excluding diaryl/α,β-unsaturated/α-hetero) is 1. The smallest absolute Gasteiger partial charge is 0.323 e. The average Bonchev–Trinajstić information content (AvgIpc) is 3.29. The van der Waals surface area contributed by atoms with E-state index in [1.807, 2.05) is 0 Å². The van der Waals surface area contributed by atoms with Crippen LogP contribution in [0.1, 0.15) is 74.6 Å². The Morgan fingerprint density at radius 1 is 1.03 bits per heavy atom. The van der Waals surface area contributed by atoms with Crippen molar-refractivity contribution in [1.82, 2.24) is 15.2 Å². The molecule has 0 aliphatic heterocycles. The number of H-pyrrole nitrogens is 1. The number of aliphatic carboxylic acids is 1. The minimum Gasteiger partial charge on any atom is -0.480 e. The third-order valence-electron chi connectivity index (χ3n) is 7.32. The van der Waals surface area contributed by atoms with Gasteiger partial charge < -0.3 is 20.3 Å². The van der Waals surface area contributed by atoms with Crippen LogP contribution >= 0.6 is 0 Å². The molecular weight excluding hydrogens is 453 g/mol. The van der Waals surface area contributed by atoms with E-state index in [0.29, 0.717) is 12.8 Å². The van der Waals surface area contributed by atoms with Crippen molar-refractivity contribution in [1.29, 1.82) is 0 Å². The fourth-order valence-electron chi connectivity index (χ4n) is 5.59. The molecule has 1 aromatic carbocycles. The Hall–Kier alpha value is -3.23. The number of rotatable bonds is 8. The van der Waals surface area contributed by atoms with Gasteiger partial charge in [0.05, 0.1) is 11.1 Å². The van der Waals surface area contributed by atoms with Crippen LogP contribution in [0.4, 0.5) is 4.39 Å². The van der Waals surface area contributed by atoms with Crippen molar-refractivity contribution in [2.45, 2.75) is 76.3 Å². The molecule has 2 amide bonds. The van der Waals surface area contributed by atoms with Gasteiger partial charge in [0.25, 0.3) is 11.7 Å². The summed E-state index contributed by atoms with van der Waals surface area (Å²) in [7, 11) is 0. The Morgan fingerprint density at radius 3 is 2.34 bits per heavy atom. The van der Waals surface area contributed by atoms with Crippen molar-refractivity contribution in [3.8, 4) is 0 Å². The summed E-state index contributed by atoms with van der Waals surface area (Å²) in [5, 5.41) is 12.9. The average molecular weight is 486 g/mol. The van der Waals surface area contributed by atoms with Crippen molar-refractivity contribution in [3.63, 3.8) is 0 Å². The van der Waals surface area contributed by atoms with Gasteiger partial charge in [-0.2, -0.15) is 0 Å². The zero-order valence-corrected chi connectivity index (χ0v) is 19.7. The summed E-state index contributed by atoms with van der Waals surface area (Å²) < 4.78 is 14.1. The SMILES string of the molecule is O=C(O)CN(C(=O)C(=O)c1c[nH]c2c(F)cccc12)C(C(=O)NC1CCCCC1)C1CCCCC1. The number of hydrogen-bond acceptors (Lipinski definition) is 4. The number of benzene rings is 1. The lowest BCUT2D eigenvalue weighted by molar-refractivity contribution is -0.148. The highest BCUT2D eigenvalue weighted by molar-refractivity contribution is 6.45. The second-order valence-electron chi connectivity index (χ2n) is 9.71. The number of carboxylic acids is 1. The van der Waals surface area contributed by atoms with Crippen LogP contribution in [0.2, 0.25) is 0 Å². The predicted molar refractivity (Wildman–Crippen MR) is 127 cm³/mol. The highest BCUT2D eigenvalue weighted by Crippen LogP contribution is 2.31. The molecule has 3 N–H and O–H groups in total. The molecule has 0 bridgehead atoms. The Morgan fingerprint density at radius 2 is 1.69 bits per heavy atom. The van der Waals surface area contributed by atoms with Crippen LogP contribution < -0.4 is 5.32 Å². The molecule has 2 aromatic rings. The number of nitrogens with one attached hydrogen (secondary N) is 2. The number of carboxylic acid groups (broad SMARTS) is 1. The molecule has 188 valence electrons. The third-order valence-corrected chi connectivity index (χ3v) is 7.32. The third kappa shape index (κ3) is 5.55. The molecule has 1 unspecified atom stereocenters. The van der Waals surface area contributed by atoms with Gasteiger partial charge in [-0.3, -0.25) is 19.2 Å². The molecule has 35 heavy (non-hydrogen) atoms. The fourth-order valence-corrected chi connectivity index (χ4v) is 5.59. The summed E-state index contributed by atoms with van der Waals surface area (Å²) in [5.74, 6) is -4.52. The maximum Gasteiger partial charge on any atom is 0.323 e. The van der Waals surface area contributed by atoms with Gasteiger partial charge in [-0.25, -0.2) is 4.39 Å². The van der Waals surface area contributed by atoms with Gasteiger partial charge in [0.1, 0.15) is 18.4 Å². The molecule has 2 fully saturated rings. The molecule has 8 nitrogen and oxygen atoms in total. The number of hydrogen-bond donors (Lipinski definition) is 3. The molecule has 2 aliphatic rings. The number of carbonyl (C=O) groups is 4. The molecule has 2 saturated carbocycles. The lowest BCUT2D eigenvalue weighted by Gasteiger charge is -2.38. The Bertz CT molecular complexity index is 1100. The summed E-state index contributed by atoms with van der Waals surface area (Å²) in [6.45, 7) is -0.763. The topological polar surface area (TPSA) is 120 Å². The summed E-state index contributed by atoms with van der Waals surface area (Å²) >= 11 is 0. The van der Waals surface area contributed by atoms with E-state index >= 15 is 0 Å².